The van der Waals surface area contributed by atoms with Crippen molar-refractivity contribution in [2.45, 2.75) is 32.7 Å². The summed E-state index contributed by atoms with van der Waals surface area (Å²) in [4.78, 5) is 11.5. The standard InChI is InChI=1S/C12H16N2O2/c1-2-16-12(15)11-7-6-10-14(11)9-5-3-4-8-13/h6-7,10H,2-5,9H2,1H3. The molecule has 4 nitrogen and oxygen atoms in total. The molecule has 0 aliphatic heterocycles. The lowest BCUT2D eigenvalue weighted by atomic mass is 10.2. The third-order valence-corrected chi connectivity index (χ3v) is 2.25. The molecule has 1 aromatic rings. The van der Waals surface area contributed by atoms with Crippen LogP contribution in [-0.4, -0.2) is 17.1 Å². The molecule has 0 aliphatic carbocycles. The second kappa shape index (κ2) is 6.67. The molecule has 86 valence electrons. The highest BCUT2D eigenvalue weighted by molar-refractivity contribution is 5.87. The molecule has 0 unspecified atom stereocenters. The van der Waals surface area contributed by atoms with E-state index in [0.29, 0.717) is 18.7 Å². The topological polar surface area (TPSA) is 55.0 Å². The molecule has 0 aromatic carbocycles. The van der Waals surface area contributed by atoms with Gasteiger partial charge in [-0.25, -0.2) is 4.79 Å². The molecule has 4 heteroatoms. The van der Waals surface area contributed by atoms with Crippen molar-refractivity contribution in [2.75, 3.05) is 6.61 Å². The monoisotopic (exact) mass is 220 g/mol. The smallest absolute Gasteiger partial charge is 0.354 e. The van der Waals surface area contributed by atoms with E-state index in [0.717, 1.165) is 19.4 Å². The van der Waals surface area contributed by atoms with Crippen LogP contribution < -0.4 is 0 Å². The van der Waals surface area contributed by atoms with E-state index in [2.05, 4.69) is 6.07 Å². The Hall–Kier alpha value is -1.76. The Morgan fingerprint density at radius 1 is 1.56 bits per heavy atom. The zero-order chi connectivity index (χ0) is 11.8. The van der Waals surface area contributed by atoms with Crippen molar-refractivity contribution in [2.24, 2.45) is 0 Å². The number of carbonyl (C=O) groups excluding carboxylic acids is 1. The Balaban J connectivity index is 2.51. The third kappa shape index (κ3) is 3.43. The Labute approximate surface area is 95.4 Å². The van der Waals surface area contributed by atoms with Crippen LogP contribution in [0.3, 0.4) is 0 Å². The molecule has 1 rings (SSSR count). The zero-order valence-corrected chi connectivity index (χ0v) is 9.48. The molecule has 0 bridgehead atoms. The summed E-state index contributed by atoms with van der Waals surface area (Å²) in [5.41, 5.74) is 0.582. The Bertz CT molecular complexity index is 377. The predicted molar refractivity (Wildman–Crippen MR) is 59.9 cm³/mol. The van der Waals surface area contributed by atoms with Crippen molar-refractivity contribution >= 4 is 5.97 Å². The maximum absolute atomic E-state index is 11.5. The van der Waals surface area contributed by atoms with Crippen LogP contribution in [0.15, 0.2) is 18.3 Å². The summed E-state index contributed by atoms with van der Waals surface area (Å²) in [5.74, 6) is -0.284. The van der Waals surface area contributed by atoms with Crippen LogP contribution in [0.4, 0.5) is 0 Å². The maximum atomic E-state index is 11.5. The first-order valence-electron chi connectivity index (χ1n) is 5.48. The van der Waals surface area contributed by atoms with Gasteiger partial charge in [-0.2, -0.15) is 5.26 Å². The minimum Gasteiger partial charge on any atom is -0.461 e. The van der Waals surface area contributed by atoms with Crippen LogP contribution in [0, 0.1) is 11.3 Å². The molecule has 0 spiro atoms. The zero-order valence-electron chi connectivity index (χ0n) is 9.48. The molecule has 0 saturated heterocycles. The van der Waals surface area contributed by atoms with Gasteiger partial charge in [0.15, 0.2) is 0 Å². The second-order valence-electron chi connectivity index (χ2n) is 3.42. The summed E-state index contributed by atoms with van der Waals surface area (Å²) < 4.78 is 6.81. The van der Waals surface area contributed by atoms with Crippen molar-refractivity contribution in [3.05, 3.63) is 24.0 Å². The van der Waals surface area contributed by atoms with Gasteiger partial charge in [0.1, 0.15) is 5.69 Å². The molecular weight excluding hydrogens is 204 g/mol. The Morgan fingerprint density at radius 2 is 2.38 bits per heavy atom. The van der Waals surface area contributed by atoms with Crippen LogP contribution in [0.1, 0.15) is 36.7 Å². The summed E-state index contributed by atoms with van der Waals surface area (Å²) in [5, 5.41) is 8.41. The van der Waals surface area contributed by atoms with E-state index in [1.807, 2.05) is 16.8 Å². The van der Waals surface area contributed by atoms with Gasteiger partial charge in [-0.05, 0) is 31.9 Å². The van der Waals surface area contributed by atoms with E-state index in [-0.39, 0.29) is 5.97 Å². The van der Waals surface area contributed by atoms with Gasteiger partial charge in [-0.3, -0.25) is 0 Å². The first-order valence-corrected chi connectivity index (χ1v) is 5.48. The number of hydrogen-bond acceptors (Lipinski definition) is 3. The fourth-order valence-corrected chi connectivity index (χ4v) is 1.49. The second-order valence-corrected chi connectivity index (χ2v) is 3.42. The lowest BCUT2D eigenvalue weighted by Crippen LogP contribution is -2.11. The Kier molecular flexibility index (Phi) is 5.13. The van der Waals surface area contributed by atoms with Gasteiger partial charge in [0, 0.05) is 19.2 Å². The van der Waals surface area contributed by atoms with Crippen LogP contribution >= 0.6 is 0 Å². The van der Waals surface area contributed by atoms with Gasteiger partial charge in [-0.15, -0.1) is 0 Å². The van der Waals surface area contributed by atoms with Gasteiger partial charge in [0.05, 0.1) is 12.7 Å². The van der Waals surface area contributed by atoms with Crippen molar-refractivity contribution in [3.63, 3.8) is 0 Å². The van der Waals surface area contributed by atoms with E-state index in [9.17, 15) is 4.79 Å². The van der Waals surface area contributed by atoms with E-state index in [1.165, 1.54) is 0 Å². The van der Waals surface area contributed by atoms with Crippen LogP contribution in [0.25, 0.3) is 0 Å². The highest BCUT2D eigenvalue weighted by Crippen LogP contribution is 2.07. The summed E-state index contributed by atoms with van der Waals surface area (Å²) >= 11 is 0. The van der Waals surface area contributed by atoms with E-state index in [4.69, 9.17) is 10.00 Å². The Morgan fingerprint density at radius 3 is 3.06 bits per heavy atom. The SMILES string of the molecule is CCOC(=O)c1cccn1CCCCC#N. The molecule has 1 aromatic heterocycles. The van der Waals surface area contributed by atoms with Crippen molar-refractivity contribution in [1.82, 2.24) is 4.57 Å². The molecule has 0 atom stereocenters. The predicted octanol–water partition coefficient (Wildman–Crippen LogP) is 2.36. The molecule has 0 radical (unpaired) electrons. The quantitative estimate of drug-likeness (QED) is 0.546. The molecule has 0 N–H and O–H groups in total. The number of unbranched alkanes of at least 4 members (excludes halogenated alkanes) is 2. The molecule has 0 saturated carbocycles. The average Bonchev–Trinajstić information content (AvgIpc) is 2.73. The number of hydrogen-bond donors (Lipinski definition) is 0. The van der Waals surface area contributed by atoms with Gasteiger partial charge >= 0.3 is 5.97 Å². The largest absolute Gasteiger partial charge is 0.461 e. The minimum absolute atomic E-state index is 0.284. The number of nitriles is 1. The summed E-state index contributed by atoms with van der Waals surface area (Å²) in [6, 6.07) is 5.69. The fourth-order valence-electron chi connectivity index (χ4n) is 1.49. The van der Waals surface area contributed by atoms with Crippen molar-refractivity contribution in [1.29, 1.82) is 5.26 Å². The van der Waals surface area contributed by atoms with Crippen LogP contribution in [-0.2, 0) is 11.3 Å². The number of carbonyl (C=O) groups is 1. The molecule has 0 aliphatic rings. The summed E-state index contributed by atoms with van der Waals surface area (Å²) in [6.45, 7) is 2.93. The van der Waals surface area contributed by atoms with Crippen molar-refractivity contribution in [3.8, 4) is 6.07 Å². The minimum atomic E-state index is -0.284. The number of ether oxygens (including phenoxy) is 1. The third-order valence-electron chi connectivity index (χ3n) is 2.25. The van der Waals surface area contributed by atoms with Gasteiger partial charge in [0.25, 0.3) is 0 Å². The highest BCUT2D eigenvalue weighted by Gasteiger charge is 2.10. The van der Waals surface area contributed by atoms with E-state index in [1.54, 1.807) is 13.0 Å². The number of rotatable bonds is 6. The first kappa shape index (κ1) is 12.3. The van der Waals surface area contributed by atoms with Gasteiger partial charge in [0.2, 0.25) is 0 Å². The average molecular weight is 220 g/mol. The van der Waals surface area contributed by atoms with Gasteiger partial charge < -0.3 is 9.30 Å². The molecule has 1 heterocycles. The summed E-state index contributed by atoms with van der Waals surface area (Å²) in [7, 11) is 0. The normalized spacial score (nSPS) is 9.75. The number of aryl methyl sites for hydroxylation is 1. The molecule has 0 amide bonds. The molecule has 0 fully saturated rings. The van der Waals surface area contributed by atoms with E-state index >= 15 is 0 Å². The summed E-state index contributed by atoms with van der Waals surface area (Å²) in [6.07, 6.45) is 4.18. The lowest BCUT2D eigenvalue weighted by Gasteiger charge is -2.07. The maximum Gasteiger partial charge on any atom is 0.354 e. The lowest BCUT2D eigenvalue weighted by molar-refractivity contribution is 0.0513. The molecular formula is C12H16N2O2. The fraction of sp³-hybridized carbons (Fsp3) is 0.500. The van der Waals surface area contributed by atoms with Crippen LogP contribution in [0.2, 0.25) is 0 Å². The highest BCUT2D eigenvalue weighted by atomic mass is 16.5. The number of nitrogens with zero attached hydrogens (tertiary/aromatic N) is 2. The number of aromatic nitrogens is 1. The number of esters is 1. The van der Waals surface area contributed by atoms with Crippen LogP contribution in [0.5, 0.6) is 0 Å². The van der Waals surface area contributed by atoms with Gasteiger partial charge in [-0.1, -0.05) is 0 Å². The first-order chi connectivity index (χ1) is 7.79. The molecule has 16 heavy (non-hydrogen) atoms. The van der Waals surface area contributed by atoms with Crippen molar-refractivity contribution < 1.29 is 9.53 Å². The van der Waals surface area contributed by atoms with E-state index < -0.39 is 0 Å².